The highest BCUT2D eigenvalue weighted by molar-refractivity contribution is 5.46. The van der Waals surface area contributed by atoms with Gasteiger partial charge in [0.25, 0.3) is 0 Å². The van der Waals surface area contributed by atoms with Crippen molar-refractivity contribution in [3.8, 4) is 5.75 Å². The fourth-order valence-electron chi connectivity index (χ4n) is 3.90. The molecular weight excluding hydrogens is 340 g/mol. The minimum absolute atomic E-state index is 0.0272. The molecule has 0 atom stereocenters. The van der Waals surface area contributed by atoms with E-state index in [1.165, 1.54) is 5.56 Å². The third kappa shape index (κ3) is 7.78. The van der Waals surface area contributed by atoms with Crippen LogP contribution in [-0.4, -0.2) is 65.5 Å². The summed E-state index contributed by atoms with van der Waals surface area (Å²) in [4.78, 5) is 4.02. The maximum Gasteiger partial charge on any atom is 0.124 e. The van der Waals surface area contributed by atoms with E-state index >= 15 is 0 Å². The average molecular weight is 381 g/mol. The number of hydrogen-bond donors (Lipinski definition) is 3. The summed E-state index contributed by atoms with van der Waals surface area (Å²) >= 11 is 0. The first kappa shape index (κ1) is 23.9. The van der Waals surface area contributed by atoms with Crippen LogP contribution in [-0.2, 0) is 18.5 Å². The highest BCUT2D eigenvalue weighted by Crippen LogP contribution is 2.39. The van der Waals surface area contributed by atoms with Gasteiger partial charge in [0.15, 0.2) is 0 Å². The molecule has 27 heavy (non-hydrogen) atoms. The van der Waals surface area contributed by atoms with E-state index in [9.17, 15) is 15.3 Å². The largest absolute Gasteiger partial charge is 0.507 e. The lowest BCUT2D eigenvalue weighted by molar-refractivity contribution is 0.212. The van der Waals surface area contributed by atoms with Gasteiger partial charge in [-0.05, 0) is 36.9 Å². The summed E-state index contributed by atoms with van der Waals surface area (Å²) in [6.07, 6.45) is 1.03. The van der Waals surface area contributed by atoms with Crippen LogP contribution in [0, 0.1) is 5.41 Å². The lowest BCUT2D eigenvalue weighted by Gasteiger charge is -2.34. The summed E-state index contributed by atoms with van der Waals surface area (Å²) in [5.41, 5.74) is 3.16. The van der Waals surface area contributed by atoms with Crippen molar-refractivity contribution in [2.24, 2.45) is 5.41 Å². The van der Waals surface area contributed by atoms with Crippen LogP contribution in [0.3, 0.4) is 0 Å². The lowest BCUT2D eigenvalue weighted by atomic mass is 9.71. The number of rotatable bonds is 10. The molecule has 0 radical (unpaired) electrons. The van der Waals surface area contributed by atoms with Crippen molar-refractivity contribution in [1.82, 2.24) is 9.80 Å². The highest BCUT2D eigenvalue weighted by atomic mass is 16.3. The van der Waals surface area contributed by atoms with E-state index in [0.29, 0.717) is 31.9 Å². The van der Waals surface area contributed by atoms with E-state index in [0.717, 1.165) is 17.5 Å². The Hall–Kier alpha value is -1.14. The van der Waals surface area contributed by atoms with Gasteiger partial charge < -0.3 is 15.3 Å². The molecule has 0 bridgehead atoms. The molecule has 0 saturated heterocycles. The molecule has 0 aliphatic heterocycles. The second-order valence-corrected chi connectivity index (χ2v) is 9.69. The molecule has 0 unspecified atom stereocenters. The number of hydrogen-bond acceptors (Lipinski definition) is 5. The number of phenols is 1. The molecular formula is C22H40N2O3. The first-order valence-corrected chi connectivity index (χ1v) is 9.83. The van der Waals surface area contributed by atoms with Gasteiger partial charge in [-0.1, -0.05) is 46.8 Å². The van der Waals surface area contributed by atoms with Gasteiger partial charge in [-0.2, -0.15) is 0 Å². The Labute approximate surface area is 165 Å². The number of aliphatic hydroxyl groups excluding tert-OH is 2. The summed E-state index contributed by atoms with van der Waals surface area (Å²) in [7, 11) is 3.89. The van der Waals surface area contributed by atoms with Crippen molar-refractivity contribution in [3.05, 3.63) is 28.8 Å². The van der Waals surface area contributed by atoms with Crippen LogP contribution in [0.1, 0.15) is 57.7 Å². The summed E-state index contributed by atoms with van der Waals surface area (Å²) in [5.74, 6) is 0.319. The third-order valence-electron chi connectivity index (χ3n) is 4.87. The number of benzene rings is 1. The van der Waals surface area contributed by atoms with Crippen LogP contribution in [0.4, 0.5) is 0 Å². The van der Waals surface area contributed by atoms with Crippen molar-refractivity contribution >= 4 is 0 Å². The van der Waals surface area contributed by atoms with E-state index in [4.69, 9.17) is 0 Å². The quantitative estimate of drug-likeness (QED) is 0.582. The van der Waals surface area contributed by atoms with E-state index in [-0.39, 0.29) is 24.0 Å². The van der Waals surface area contributed by atoms with Crippen molar-refractivity contribution in [2.75, 3.05) is 40.4 Å². The minimum atomic E-state index is -0.0272. The number of likely N-dealkylation sites (N-methyl/N-ethyl adjacent to an activating group) is 2. The molecule has 1 rings (SSSR count). The Bertz CT molecular complexity index is 559. The maximum atomic E-state index is 10.9. The van der Waals surface area contributed by atoms with Crippen molar-refractivity contribution < 1.29 is 15.3 Å². The van der Waals surface area contributed by atoms with Gasteiger partial charge in [-0.3, -0.25) is 9.80 Å². The third-order valence-corrected chi connectivity index (χ3v) is 4.87. The predicted octanol–water partition coefficient (Wildman–Crippen LogP) is 2.95. The van der Waals surface area contributed by atoms with Gasteiger partial charge in [0.05, 0.1) is 13.2 Å². The molecule has 3 N–H and O–H groups in total. The monoisotopic (exact) mass is 380 g/mol. The zero-order chi connectivity index (χ0) is 20.8. The second kappa shape index (κ2) is 9.87. The fraction of sp³-hybridized carbons (Fsp3) is 0.727. The van der Waals surface area contributed by atoms with Crippen molar-refractivity contribution in [1.29, 1.82) is 0 Å². The van der Waals surface area contributed by atoms with Crippen LogP contribution >= 0.6 is 0 Å². The zero-order valence-corrected chi connectivity index (χ0v) is 18.3. The molecule has 0 heterocycles. The minimum Gasteiger partial charge on any atom is -0.507 e. The molecule has 5 heteroatoms. The lowest BCUT2D eigenvalue weighted by Crippen LogP contribution is -2.27. The molecule has 5 nitrogen and oxygen atoms in total. The van der Waals surface area contributed by atoms with Crippen molar-refractivity contribution in [3.63, 3.8) is 0 Å². The molecule has 0 aliphatic rings. The van der Waals surface area contributed by atoms with Gasteiger partial charge >= 0.3 is 0 Å². The second-order valence-electron chi connectivity index (χ2n) is 9.69. The summed E-state index contributed by atoms with van der Waals surface area (Å²) in [6.45, 7) is 13.8. The van der Waals surface area contributed by atoms with Gasteiger partial charge in [-0.15, -0.1) is 0 Å². The SMILES string of the molecule is CN(CCO)Cc1cc(C(C)(C)CC(C)(C)C)cc(CN(C)CCO)c1O. The van der Waals surface area contributed by atoms with Crippen LogP contribution < -0.4 is 0 Å². The van der Waals surface area contributed by atoms with E-state index in [2.05, 4.69) is 46.8 Å². The first-order valence-electron chi connectivity index (χ1n) is 9.83. The van der Waals surface area contributed by atoms with Crippen LogP contribution in [0.15, 0.2) is 12.1 Å². The van der Waals surface area contributed by atoms with Gasteiger partial charge in [-0.25, -0.2) is 0 Å². The molecule has 0 amide bonds. The summed E-state index contributed by atoms with van der Waals surface area (Å²) in [5, 5.41) is 29.3. The van der Waals surface area contributed by atoms with Gasteiger partial charge in [0.1, 0.15) is 5.75 Å². The average Bonchev–Trinajstić information content (AvgIpc) is 2.49. The smallest absolute Gasteiger partial charge is 0.124 e. The van der Waals surface area contributed by atoms with Crippen LogP contribution in [0.25, 0.3) is 0 Å². The Morgan fingerprint density at radius 2 is 1.22 bits per heavy atom. The van der Waals surface area contributed by atoms with Crippen LogP contribution in [0.5, 0.6) is 5.75 Å². The number of nitrogens with zero attached hydrogens (tertiary/aromatic N) is 2. The number of aliphatic hydroxyl groups is 2. The van der Waals surface area contributed by atoms with Gasteiger partial charge in [0.2, 0.25) is 0 Å². The van der Waals surface area contributed by atoms with E-state index in [1.807, 2.05) is 23.9 Å². The Kier molecular flexibility index (Phi) is 8.74. The molecule has 0 aliphatic carbocycles. The van der Waals surface area contributed by atoms with E-state index in [1.54, 1.807) is 0 Å². The van der Waals surface area contributed by atoms with Crippen LogP contribution in [0.2, 0.25) is 0 Å². The normalized spacial score (nSPS) is 13.0. The van der Waals surface area contributed by atoms with Gasteiger partial charge in [0, 0.05) is 37.3 Å². The molecule has 1 aromatic carbocycles. The van der Waals surface area contributed by atoms with E-state index < -0.39 is 0 Å². The molecule has 156 valence electrons. The number of phenolic OH excluding ortho intramolecular Hbond substituents is 1. The molecule has 0 saturated carbocycles. The molecule has 1 aromatic rings. The summed E-state index contributed by atoms with van der Waals surface area (Å²) < 4.78 is 0. The predicted molar refractivity (Wildman–Crippen MR) is 112 cm³/mol. The zero-order valence-electron chi connectivity index (χ0n) is 18.3. The Morgan fingerprint density at radius 1 is 0.815 bits per heavy atom. The summed E-state index contributed by atoms with van der Waals surface area (Å²) in [6, 6.07) is 4.23. The highest BCUT2D eigenvalue weighted by Gasteiger charge is 2.29. The Balaban J connectivity index is 3.32. The number of aromatic hydroxyl groups is 1. The molecule has 0 aromatic heterocycles. The fourth-order valence-corrected chi connectivity index (χ4v) is 3.90. The standard InChI is InChI=1S/C22H40N2O3/c1-21(2,3)16-22(4,5)19-12-17(14-23(6)8-10-25)20(27)18(13-19)15-24(7)9-11-26/h12-13,25-27H,8-11,14-16H2,1-7H3. The Morgan fingerprint density at radius 3 is 1.56 bits per heavy atom. The van der Waals surface area contributed by atoms with Crippen molar-refractivity contribution in [2.45, 2.75) is 59.5 Å². The topological polar surface area (TPSA) is 67.2 Å². The first-order chi connectivity index (χ1) is 12.4. The maximum absolute atomic E-state index is 10.9. The molecule has 0 fully saturated rings. The molecule has 0 spiro atoms.